The van der Waals surface area contributed by atoms with E-state index in [0.29, 0.717) is 16.9 Å². The minimum absolute atomic E-state index is 0.00997. The van der Waals surface area contributed by atoms with Gasteiger partial charge in [0.05, 0.1) is 6.07 Å². The number of carbonyl (C=O) groups excluding carboxylic acids is 2. The monoisotopic (exact) mass is 747 g/mol. The van der Waals surface area contributed by atoms with Crippen molar-refractivity contribution in [3.63, 3.8) is 0 Å². The van der Waals surface area contributed by atoms with Crippen LogP contribution in [0.15, 0.2) is 93.5 Å². The van der Waals surface area contributed by atoms with E-state index >= 15 is 0 Å². The Kier molecular flexibility index (Phi) is 13.6. The summed E-state index contributed by atoms with van der Waals surface area (Å²) < 4.78 is 140. The van der Waals surface area contributed by atoms with Crippen LogP contribution < -0.4 is 0 Å². The van der Waals surface area contributed by atoms with Crippen molar-refractivity contribution < 1.29 is 66.8 Å². The molecule has 48 heavy (non-hydrogen) atoms. The first kappa shape index (κ1) is 40.4. The summed E-state index contributed by atoms with van der Waals surface area (Å²) in [5.74, 6) is -14.6. The third-order valence-electron chi connectivity index (χ3n) is 5.92. The van der Waals surface area contributed by atoms with E-state index in [4.69, 9.17) is 10.00 Å². The quantitative estimate of drug-likeness (QED) is 0.0633. The molecule has 7 nitrogen and oxygen atoms in total. The Morgan fingerprint density at radius 2 is 1.29 bits per heavy atom. The molecule has 3 rings (SSSR count). The predicted molar refractivity (Wildman–Crippen MR) is 155 cm³/mol. The van der Waals surface area contributed by atoms with Gasteiger partial charge in [0, 0.05) is 31.8 Å². The van der Waals surface area contributed by atoms with Crippen molar-refractivity contribution in [3.8, 4) is 6.07 Å². The average Bonchev–Trinajstić information content (AvgIpc) is 3.01. The van der Waals surface area contributed by atoms with Gasteiger partial charge in [0.1, 0.15) is 25.0 Å². The van der Waals surface area contributed by atoms with E-state index in [1.165, 1.54) is 0 Å². The Labute approximate surface area is 275 Å². The van der Waals surface area contributed by atoms with Gasteiger partial charge in [-0.05, 0) is 60.7 Å². The lowest BCUT2D eigenvalue weighted by Gasteiger charge is -2.34. The fourth-order valence-electron chi connectivity index (χ4n) is 3.34. The molecule has 0 aliphatic carbocycles. The van der Waals surface area contributed by atoms with Gasteiger partial charge in [-0.25, -0.2) is 8.42 Å². The Morgan fingerprint density at radius 3 is 1.75 bits per heavy atom. The molecule has 19 heteroatoms. The largest absolute Gasteiger partial charge is 0.743 e. The number of nitrogens with zero attached hydrogens (tertiary/aromatic N) is 1. The lowest BCUT2D eigenvalue weighted by Crippen LogP contribution is -2.63. The molecule has 0 spiro atoms. The molecule has 0 fully saturated rings. The summed E-state index contributed by atoms with van der Waals surface area (Å²) in [7, 11) is -7.53. The fraction of sp³-hybridized carbons (Fsp3) is 0.276. The standard InChI is InChI=1S/C25H22NO3S2.C4HF9O3S/c1-31(18-17-29-24(27)15-16-26)23-13-9-20(10-14-23)25(28)19-7-11-22(12-8-19)30-21-5-3-2-4-6-21;5-1(6,3(9,10)11)2(7,8)4(12,13)17(14,15)16/h2-14H,15,17-18H2,1H3;(H,14,15,16)/q+1;/p-1. The maximum atomic E-state index is 12.8. The van der Waals surface area contributed by atoms with Crippen molar-refractivity contribution in [2.45, 2.75) is 44.4 Å². The van der Waals surface area contributed by atoms with Crippen LogP contribution in [0.4, 0.5) is 39.5 Å². The maximum absolute atomic E-state index is 12.8. The first-order valence-electron chi connectivity index (χ1n) is 12.8. The number of halogens is 9. The number of hydrogen-bond acceptors (Lipinski definition) is 8. The molecule has 3 aromatic rings. The molecule has 0 aromatic heterocycles. The average molecular weight is 748 g/mol. The molecule has 0 N–H and O–H groups in total. The van der Waals surface area contributed by atoms with E-state index < -0.39 is 39.4 Å². The van der Waals surface area contributed by atoms with Crippen molar-refractivity contribution in [2.75, 3.05) is 18.6 Å². The molecular formula is C29H22F9NO6S3. The van der Waals surface area contributed by atoms with Crippen LogP contribution in [0.5, 0.6) is 0 Å². The summed E-state index contributed by atoms with van der Waals surface area (Å²) in [5, 5.41) is 1.36. The van der Waals surface area contributed by atoms with Crippen LogP contribution in [0, 0.1) is 11.3 Å². The number of nitriles is 1. The molecule has 0 saturated carbocycles. The lowest BCUT2D eigenvalue weighted by atomic mass is 10.0. The van der Waals surface area contributed by atoms with Gasteiger partial charge in [-0.3, -0.25) is 9.59 Å². The molecule has 0 amide bonds. The highest BCUT2D eigenvalue weighted by Gasteiger charge is 2.83. The van der Waals surface area contributed by atoms with Crippen LogP contribution in [0.25, 0.3) is 0 Å². The molecule has 0 saturated heterocycles. The highest BCUT2D eigenvalue weighted by molar-refractivity contribution is 7.99. The van der Waals surface area contributed by atoms with Crippen LogP contribution in [0.3, 0.4) is 0 Å². The number of esters is 1. The van der Waals surface area contributed by atoms with E-state index in [-0.39, 0.29) is 29.7 Å². The van der Waals surface area contributed by atoms with Gasteiger partial charge >= 0.3 is 29.2 Å². The van der Waals surface area contributed by atoms with Gasteiger partial charge in [0.15, 0.2) is 20.8 Å². The summed E-state index contributed by atoms with van der Waals surface area (Å²) in [6, 6.07) is 27.1. The molecule has 0 aliphatic rings. The second kappa shape index (κ2) is 16.1. The number of alkyl halides is 9. The van der Waals surface area contributed by atoms with Gasteiger partial charge in [-0.15, -0.1) is 0 Å². The highest BCUT2D eigenvalue weighted by Crippen LogP contribution is 2.54. The molecule has 0 aliphatic heterocycles. The van der Waals surface area contributed by atoms with Crippen molar-refractivity contribution in [1.82, 2.24) is 0 Å². The molecule has 3 aromatic carbocycles. The Balaban J connectivity index is 0.000000401. The van der Waals surface area contributed by atoms with Crippen molar-refractivity contribution in [2.24, 2.45) is 0 Å². The highest BCUT2D eigenvalue weighted by atomic mass is 32.2. The van der Waals surface area contributed by atoms with E-state index in [1.807, 2.05) is 66.7 Å². The molecule has 0 heterocycles. The molecule has 0 radical (unpaired) electrons. The Bertz CT molecular complexity index is 1700. The third-order valence-corrected chi connectivity index (χ3v) is 9.68. The summed E-state index contributed by atoms with van der Waals surface area (Å²) in [6.45, 7) is 0.286. The number of hydrogen-bond donors (Lipinski definition) is 0. The summed E-state index contributed by atoms with van der Waals surface area (Å²) in [6.07, 6.45) is -5.32. The number of ketones is 1. The van der Waals surface area contributed by atoms with E-state index in [1.54, 1.807) is 17.8 Å². The molecule has 1 unspecified atom stereocenters. The number of ether oxygens (including phenoxy) is 1. The second-order valence-electron chi connectivity index (χ2n) is 9.31. The minimum Gasteiger partial charge on any atom is -0.743 e. The molecule has 0 bridgehead atoms. The van der Waals surface area contributed by atoms with Gasteiger partial charge in [-0.2, -0.15) is 44.8 Å². The SMILES string of the molecule is C[S+](CCOC(=O)CC#N)c1ccc(C(=O)c2ccc(Sc3ccccc3)cc2)cc1.O=S(=O)([O-])C(F)(F)C(F)(F)C(F)(F)C(F)(F)F. The van der Waals surface area contributed by atoms with E-state index in [0.717, 1.165) is 14.7 Å². The number of benzene rings is 3. The van der Waals surface area contributed by atoms with Gasteiger partial charge < -0.3 is 9.29 Å². The first-order valence-corrected chi connectivity index (χ1v) is 16.9. The van der Waals surface area contributed by atoms with Crippen LogP contribution in [-0.4, -0.2) is 66.6 Å². The summed E-state index contributed by atoms with van der Waals surface area (Å²) in [5.41, 5.74) is 1.30. The van der Waals surface area contributed by atoms with Crippen LogP contribution in [0.2, 0.25) is 0 Å². The third kappa shape index (κ3) is 9.90. The van der Waals surface area contributed by atoms with Crippen molar-refractivity contribution in [1.29, 1.82) is 5.26 Å². The maximum Gasteiger partial charge on any atom is 0.460 e. The topological polar surface area (TPSA) is 124 Å². The fourth-order valence-corrected chi connectivity index (χ4v) is 5.79. The smallest absolute Gasteiger partial charge is 0.460 e. The predicted octanol–water partition coefficient (Wildman–Crippen LogP) is 7.09. The van der Waals surface area contributed by atoms with Gasteiger partial charge in [0.2, 0.25) is 0 Å². The van der Waals surface area contributed by atoms with Crippen molar-refractivity contribution >= 4 is 44.5 Å². The molecular weight excluding hydrogens is 726 g/mol. The second-order valence-corrected chi connectivity index (χ2v) is 14.0. The Morgan fingerprint density at radius 1 is 0.812 bits per heavy atom. The normalized spacial score (nSPS) is 13.0. The first-order chi connectivity index (χ1) is 22.1. The zero-order valence-corrected chi connectivity index (χ0v) is 26.6. The zero-order chi connectivity index (χ0) is 36.6. The summed E-state index contributed by atoms with van der Waals surface area (Å²) >= 11 is 1.66. The molecule has 260 valence electrons. The zero-order valence-electron chi connectivity index (χ0n) is 24.2. The van der Waals surface area contributed by atoms with E-state index in [9.17, 15) is 62.1 Å². The van der Waals surface area contributed by atoms with Crippen LogP contribution in [0.1, 0.15) is 22.3 Å². The summed E-state index contributed by atoms with van der Waals surface area (Å²) in [4.78, 5) is 27.4. The minimum atomic E-state index is -7.43. The molecule has 1 atom stereocenters. The number of carbonyl (C=O) groups is 2. The van der Waals surface area contributed by atoms with E-state index in [2.05, 4.69) is 18.4 Å². The number of rotatable bonds is 12. The Hall–Kier alpha value is -3.73. The van der Waals surface area contributed by atoms with Gasteiger partial charge in [-0.1, -0.05) is 30.0 Å². The lowest BCUT2D eigenvalue weighted by molar-refractivity contribution is -0.382. The van der Waals surface area contributed by atoms with Gasteiger partial charge in [0.25, 0.3) is 0 Å². The van der Waals surface area contributed by atoms with Crippen LogP contribution >= 0.6 is 11.8 Å². The van der Waals surface area contributed by atoms with Crippen LogP contribution in [-0.2, 0) is 30.5 Å². The van der Waals surface area contributed by atoms with Crippen molar-refractivity contribution in [3.05, 3.63) is 90.0 Å².